The molecule has 2 aromatic rings. The summed E-state index contributed by atoms with van der Waals surface area (Å²) >= 11 is 6.88. The molecule has 4 heteroatoms. The lowest BCUT2D eigenvalue weighted by Crippen LogP contribution is -1.86. The summed E-state index contributed by atoms with van der Waals surface area (Å²) < 4.78 is 1.85. The van der Waals surface area contributed by atoms with E-state index in [-0.39, 0.29) is 5.75 Å². The molecule has 72 valence electrons. The smallest absolute Gasteiger partial charge is 0.141 e. The van der Waals surface area contributed by atoms with E-state index in [1.807, 2.05) is 13.0 Å². The summed E-state index contributed by atoms with van der Waals surface area (Å²) in [6, 6.07) is 5.36. The van der Waals surface area contributed by atoms with Crippen LogP contribution in [0.25, 0.3) is 10.9 Å². The Labute approximate surface area is 98.2 Å². The number of nitrogens with zero attached hydrogens (tertiary/aromatic N) is 1. The molecule has 0 aliphatic heterocycles. The first-order valence-electron chi connectivity index (χ1n) is 4.04. The summed E-state index contributed by atoms with van der Waals surface area (Å²) in [6.07, 6.45) is 0. The van der Waals surface area contributed by atoms with E-state index in [9.17, 15) is 5.11 Å². The quantitative estimate of drug-likeness (QED) is 0.802. The van der Waals surface area contributed by atoms with Crippen LogP contribution in [-0.2, 0) is 0 Å². The van der Waals surface area contributed by atoms with Crippen LogP contribution in [0.2, 0.25) is 0 Å². The van der Waals surface area contributed by atoms with Gasteiger partial charge < -0.3 is 5.11 Å². The summed E-state index contributed by atoms with van der Waals surface area (Å²) in [4.78, 5) is 4.29. The van der Waals surface area contributed by atoms with Gasteiger partial charge in [0.25, 0.3) is 0 Å². The molecule has 0 amide bonds. The Morgan fingerprint density at radius 3 is 2.64 bits per heavy atom. The highest BCUT2D eigenvalue weighted by molar-refractivity contribution is 9.11. The number of pyridine rings is 1. The van der Waals surface area contributed by atoms with E-state index in [0.717, 1.165) is 20.0 Å². The number of aryl methyl sites for hydroxylation is 1. The molecule has 1 heterocycles. The highest BCUT2D eigenvalue weighted by atomic mass is 79.9. The van der Waals surface area contributed by atoms with Gasteiger partial charge in [0.05, 0.1) is 0 Å². The van der Waals surface area contributed by atoms with Crippen LogP contribution in [0.4, 0.5) is 0 Å². The van der Waals surface area contributed by atoms with Crippen molar-refractivity contribution in [1.82, 2.24) is 4.98 Å². The molecule has 0 saturated carbocycles. The number of fused-ring (bicyclic) bond motifs is 1. The zero-order valence-electron chi connectivity index (χ0n) is 7.38. The predicted octanol–water partition coefficient (Wildman–Crippen LogP) is 3.77. The van der Waals surface area contributed by atoms with E-state index in [0.29, 0.717) is 5.52 Å². The van der Waals surface area contributed by atoms with E-state index in [1.54, 1.807) is 12.1 Å². The van der Waals surface area contributed by atoms with Crippen molar-refractivity contribution in [3.05, 3.63) is 32.8 Å². The number of aromatic nitrogens is 1. The lowest BCUT2D eigenvalue weighted by molar-refractivity contribution is 0.480. The number of hydrogen-bond donors (Lipinski definition) is 1. The fraction of sp³-hybridized carbons (Fsp3) is 0.100. The molecule has 0 aliphatic rings. The summed E-state index contributed by atoms with van der Waals surface area (Å²) in [7, 11) is 0. The van der Waals surface area contributed by atoms with Crippen molar-refractivity contribution < 1.29 is 5.11 Å². The van der Waals surface area contributed by atoms with Gasteiger partial charge in [-0.2, -0.15) is 0 Å². The molecule has 2 nitrogen and oxygen atoms in total. The third-order valence-corrected chi connectivity index (χ3v) is 3.25. The lowest BCUT2D eigenvalue weighted by Gasteiger charge is -2.05. The molecule has 0 saturated heterocycles. The van der Waals surface area contributed by atoms with Gasteiger partial charge in [-0.15, -0.1) is 0 Å². The summed E-state index contributed by atoms with van der Waals surface area (Å²) in [5.41, 5.74) is 1.49. The molecule has 2 rings (SSSR count). The Hall–Kier alpha value is -0.610. The van der Waals surface area contributed by atoms with Gasteiger partial charge in [-0.1, -0.05) is 15.9 Å². The minimum atomic E-state index is 0.201. The van der Waals surface area contributed by atoms with Crippen molar-refractivity contribution in [2.45, 2.75) is 6.92 Å². The standard InChI is InChI=1S/C10H7Br2NO/c1-5-4-7(12)9-6(11)2-3-8(14)10(9)13-5/h2-4,14H,1H3. The molecule has 1 aromatic heterocycles. The van der Waals surface area contributed by atoms with Gasteiger partial charge in [0.2, 0.25) is 0 Å². The van der Waals surface area contributed by atoms with Crippen LogP contribution >= 0.6 is 31.9 Å². The average Bonchev–Trinajstić information content (AvgIpc) is 2.10. The fourth-order valence-corrected chi connectivity index (χ4v) is 2.89. The number of phenolic OH excluding ortho intramolecular Hbond substituents is 1. The van der Waals surface area contributed by atoms with Gasteiger partial charge >= 0.3 is 0 Å². The number of hydrogen-bond acceptors (Lipinski definition) is 2. The molecule has 0 aliphatic carbocycles. The first-order chi connectivity index (χ1) is 6.59. The largest absolute Gasteiger partial charge is 0.506 e. The van der Waals surface area contributed by atoms with Crippen molar-refractivity contribution in [3.8, 4) is 5.75 Å². The topological polar surface area (TPSA) is 33.1 Å². The maximum atomic E-state index is 9.64. The molecule has 14 heavy (non-hydrogen) atoms. The third kappa shape index (κ3) is 1.53. The van der Waals surface area contributed by atoms with E-state index in [4.69, 9.17) is 0 Å². The van der Waals surface area contributed by atoms with Crippen LogP contribution in [0.3, 0.4) is 0 Å². The second-order valence-corrected chi connectivity index (χ2v) is 4.74. The van der Waals surface area contributed by atoms with Crippen molar-refractivity contribution in [2.75, 3.05) is 0 Å². The van der Waals surface area contributed by atoms with Crippen LogP contribution in [0.5, 0.6) is 5.75 Å². The van der Waals surface area contributed by atoms with Crippen LogP contribution in [0.15, 0.2) is 27.1 Å². The highest BCUT2D eigenvalue weighted by Crippen LogP contribution is 2.34. The SMILES string of the molecule is Cc1cc(Br)c2c(Br)ccc(O)c2n1. The molecule has 1 aromatic carbocycles. The molecular weight excluding hydrogens is 310 g/mol. The highest BCUT2D eigenvalue weighted by Gasteiger charge is 2.08. The molecule has 0 unspecified atom stereocenters. The van der Waals surface area contributed by atoms with Crippen LogP contribution < -0.4 is 0 Å². The van der Waals surface area contributed by atoms with Gasteiger partial charge in [-0.25, -0.2) is 4.98 Å². The zero-order chi connectivity index (χ0) is 10.3. The number of phenols is 1. The normalized spacial score (nSPS) is 10.8. The van der Waals surface area contributed by atoms with Gasteiger partial charge in [-0.05, 0) is 41.1 Å². The van der Waals surface area contributed by atoms with E-state index >= 15 is 0 Å². The van der Waals surface area contributed by atoms with Crippen LogP contribution in [0.1, 0.15) is 5.69 Å². The van der Waals surface area contributed by atoms with E-state index in [2.05, 4.69) is 36.8 Å². The molecule has 0 fully saturated rings. The molecule has 0 bridgehead atoms. The van der Waals surface area contributed by atoms with E-state index in [1.165, 1.54) is 0 Å². The lowest BCUT2D eigenvalue weighted by atomic mass is 10.2. The number of benzene rings is 1. The number of halogens is 2. The second kappa shape index (κ2) is 3.51. The first kappa shape index (κ1) is 9.93. The van der Waals surface area contributed by atoms with Gasteiger partial charge in [0, 0.05) is 20.0 Å². The summed E-state index contributed by atoms with van der Waals surface area (Å²) in [5.74, 6) is 0.201. The average molecular weight is 317 g/mol. The van der Waals surface area contributed by atoms with Crippen molar-refractivity contribution in [2.24, 2.45) is 0 Å². The van der Waals surface area contributed by atoms with Crippen molar-refractivity contribution in [1.29, 1.82) is 0 Å². The summed E-state index contributed by atoms with van der Waals surface area (Å²) in [5, 5.41) is 10.5. The fourth-order valence-electron chi connectivity index (χ4n) is 1.36. The Morgan fingerprint density at radius 2 is 1.93 bits per heavy atom. The molecule has 0 atom stereocenters. The van der Waals surface area contributed by atoms with Gasteiger partial charge in [0.15, 0.2) is 0 Å². The van der Waals surface area contributed by atoms with Crippen molar-refractivity contribution in [3.63, 3.8) is 0 Å². The number of rotatable bonds is 0. The molecule has 0 radical (unpaired) electrons. The van der Waals surface area contributed by atoms with E-state index < -0.39 is 0 Å². The minimum absolute atomic E-state index is 0.201. The van der Waals surface area contributed by atoms with Crippen LogP contribution in [0, 0.1) is 6.92 Å². The first-order valence-corrected chi connectivity index (χ1v) is 5.62. The Morgan fingerprint density at radius 1 is 1.21 bits per heavy atom. The molecule has 0 spiro atoms. The Bertz CT molecular complexity index is 511. The molecular formula is C10H7Br2NO. The molecule has 1 N–H and O–H groups in total. The minimum Gasteiger partial charge on any atom is -0.506 e. The summed E-state index contributed by atoms with van der Waals surface area (Å²) in [6.45, 7) is 1.89. The third-order valence-electron chi connectivity index (χ3n) is 1.97. The van der Waals surface area contributed by atoms with Gasteiger partial charge in [0.1, 0.15) is 11.3 Å². The number of aromatic hydroxyl groups is 1. The van der Waals surface area contributed by atoms with Crippen molar-refractivity contribution >= 4 is 42.8 Å². The van der Waals surface area contributed by atoms with Gasteiger partial charge in [-0.3, -0.25) is 0 Å². The predicted molar refractivity (Wildman–Crippen MR) is 63.5 cm³/mol. The Kier molecular flexibility index (Phi) is 2.49. The second-order valence-electron chi connectivity index (χ2n) is 3.04. The van der Waals surface area contributed by atoms with Crippen LogP contribution in [-0.4, -0.2) is 10.1 Å². The Balaban J connectivity index is 3.00. The monoisotopic (exact) mass is 315 g/mol. The maximum absolute atomic E-state index is 9.64. The maximum Gasteiger partial charge on any atom is 0.141 e. The zero-order valence-corrected chi connectivity index (χ0v) is 10.6.